The van der Waals surface area contributed by atoms with Gasteiger partial charge in [0.1, 0.15) is 17.5 Å². The number of Topliss-reactive ketones (excluding diaryl/α,β-unsaturated/α-hetero) is 2. The Morgan fingerprint density at radius 1 is 0.818 bits per heavy atom. The molecule has 0 heterocycles. The molecule has 1 rings (SSSR count). The molecule has 0 aliphatic heterocycles. The maximum atomic E-state index is 12.9. The van der Waals surface area contributed by atoms with Crippen molar-refractivity contribution in [3.8, 4) is 0 Å². The van der Waals surface area contributed by atoms with Crippen molar-refractivity contribution in [2.45, 2.75) is 76.8 Å². The molecule has 0 saturated carbocycles. The van der Waals surface area contributed by atoms with Gasteiger partial charge in [-0.2, -0.15) is 13.2 Å². The lowest BCUT2D eigenvalue weighted by molar-refractivity contribution is -0.182. The van der Waals surface area contributed by atoms with E-state index in [0.717, 1.165) is 32.1 Å². The van der Waals surface area contributed by atoms with Gasteiger partial charge in [-0.05, 0) is 38.5 Å². The predicted octanol–water partition coefficient (Wildman–Crippen LogP) is 5.16. The molecular weight excluding hydrogens is 293 g/mol. The van der Waals surface area contributed by atoms with E-state index >= 15 is 0 Å². The molecule has 0 radical (unpaired) electrons. The van der Waals surface area contributed by atoms with Crippen molar-refractivity contribution in [2.75, 3.05) is 0 Å². The lowest BCUT2D eigenvalue weighted by Crippen LogP contribution is -2.30. The van der Waals surface area contributed by atoms with Crippen molar-refractivity contribution in [2.24, 2.45) is 5.92 Å². The van der Waals surface area contributed by atoms with Gasteiger partial charge in [0.2, 0.25) is 0 Å². The van der Waals surface area contributed by atoms with Crippen LogP contribution in [0.25, 0.3) is 0 Å². The Kier molecular flexibility index (Phi) is 8.43. The summed E-state index contributed by atoms with van der Waals surface area (Å²) in [5.74, 6) is -2.61. The summed E-state index contributed by atoms with van der Waals surface area (Å²) in [6, 6.07) is 0. The maximum Gasteiger partial charge on any atom is 0.398 e. The highest BCUT2D eigenvalue weighted by atomic mass is 19.4. The van der Waals surface area contributed by atoms with Gasteiger partial charge < -0.3 is 0 Å². The second-order valence-corrected chi connectivity index (χ2v) is 5.95. The summed E-state index contributed by atoms with van der Waals surface area (Å²) in [6.45, 7) is 0. The van der Waals surface area contributed by atoms with Crippen LogP contribution in [0.2, 0.25) is 0 Å². The number of carbonyl (C=O) groups is 2. The molecule has 1 unspecified atom stereocenters. The van der Waals surface area contributed by atoms with E-state index in [2.05, 4.69) is 0 Å². The third-order valence-electron chi connectivity index (χ3n) is 4.03. The minimum atomic E-state index is -4.49. The molecule has 0 spiro atoms. The van der Waals surface area contributed by atoms with E-state index in [9.17, 15) is 22.8 Å². The quantitative estimate of drug-likeness (QED) is 0.578. The zero-order valence-corrected chi connectivity index (χ0v) is 13.0. The van der Waals surface area contributed by atoms with Crippen LogP contribution >= 0.6 is 0 Å². The Morgan fingerprint density at radius 3 is 2.18 bits per heavy atom. The summed E-state index contributed by atoms with van der Waals surface area (Å²) in [7, 11) is 0. The first-order chi connectivity index (χ1) is 10.4. The van der Waals surface area contributed by atoms with Gasteiger partial charge in [-0.1, -0.05) is 25.0 Å². The topological polar surface area (TPSA) is 34.1 Å². The van der Waals surface area contributed by atoms with Gasteiger partial charge in [-0.25, -0.2) is 0 Å². The van der Waals surface area contributed by atoms with Crippen molar-refractivity contribution >= 4 is 11.6 Å². The van der Waals surface area contributed by atoms with Crippen LogP contribution in [0.1, 0.15) is 70.6 Å². The van der Waals surface area contributed by atoms with E-state index in [0.29, 0.717) is 6.42 Å². The fourth-order valence-electron chi connectivity index (χ4n) is 2.70. The Morgan fingerprint density at radius 2 is 1.45 bits per heavy atom. The number of hydrogen-bond acceptors (Lipinski definition) is 2. The molecule has 0 N–H and O–H groups in total. The second-order valence-electron chi connectivity index (χ2n) is 5.95. The zero-order chi connectivity index (χ0) is 16.4. The van der Waals surface area contributed by atoms with Crippen molar-refractivity contribution in [1.82, 2.24) is 0 Å². The molecule has 0 aromatic rings. The number of rotatable bonds is 0. The molecule has 2 nitrogen and oxygen atoms in total. The van der Waals surface area contributed by atoms with Crippen molar-refractivity contribution in [3.05, 3.63) is 12.2 Å². The lowest BCUT2D eigenvalue weighted by atomic mass is 9.93. The van der Waals surface area contributed by atoms with Gasteiger partial charge in [-0.3, -0.25) is 9.59 Å². The van der Waals surface area contributed by atoms with E-state index < -0.39 is 17.9 Å². The average Bonchev–Trinajstić information content (AvgIpc) is 2.42. The zero-order valence-electron chi connectivity index (χ0n) is 13.0. The van der Waals surface area contributed by atoms with Crippen LogP contribution in [0.5, 0.6) is 0 Å². The minimum absolute atomic E-state index is 0.0587. The summed E-state index contributed by atoms with van der Waals surface area (Å²) in [6.07, 6.45) is 4.75. The van der Waals surface area contributed by atoms with Gasteiger partial charge in [0.15, 0.2) is 0 Å². The number of allylic oxidation sites excluding steroid dienone is 2. The highest BCUT2D eigenvalue weighted by molar-refractivity contribution is 5.83. The van der Waals surface area contributed by atoms with Gasteiger partial charge in [0.25, 0.3) is 0 Å². The summed E-state index contributed by atoms with van der Waals surface area (Å²) in [5, 5.41) is 0. The van der Waals surface area contributed by atoms with Crippen molar-refractivity contribution < 1.29 is 22.8 Å². The molecule has 0 bridgehead atoms. The molecule has 1 aliphatic rings. The monoisotopic (exact) mass is 318 g/mol. The number of carbonyl (C=O) groups excluding carboxylic acids is 2. The van der Waals surface area contributed by atoms with Gasteiger partial charge in [0, 0.05) is 19.3 Å². The van der Waals surface area contributed by atoms with Gasteiger partial charge >= 0.3 is 6.18 Å². The molecule has 1 aliphatic carbocycles. The number of hydrogen-bond donors (Lipinski definition) is 0. The summed E-state index contributed by atoms with van der Waals surface area (Å²) in [4.78, 5) is 23.4. The lowest BCUT2D eigenvalue weighted by Gasteiger charge is -2.18. The Bertz CT molecular complexity index is 386. The molecule has 1 atom stereocenters. The minimum Gasteiger partial charge on any atom is -0.300 e. The van der Waals surface area contributed by atoms with E-state index in [1.54, 1.807) is 6.08 Å². The number of ketones is 2. The second kappa shape index (κ2) is 9.80. The molecular formula is C17H25F3O2. The van der Waals surface area contributed by atoms with E-state index in [-0.39, 0.29) is 37.9 Å². The molecule has 0 amide bonds. The highest BCUT2D eigenvalue weighted by Crippen LogP contribution is 2.32. The average molecular weight is 318 g/mol. The van der Waals surface area contributed by atoms with Crippen LogP contribution < -0.4 is 0 Å². The third kappa shape index (κ3) is 7.76. The number of alkyl halides is 3. The van der Waals surface area contributed by atoms with Crippen LogP contribution in [0.3, 0.4) is 0 Å². The molecule has 0 aromatic carbocycles. The van der Waals surface area contributed by atoms with Crippen LogP contribution in [-0.2, 0) is 9.59 Å². The third-order valence-corrected chi connectivity index (χ3v) is 4.03. The van der Waals surface area contributed by atoms with E-state index in [4.69, 9.17) is 0 Å². The Hall–Kier alpha value is -1.13. The highest BCUT2D eigenvalue weighted by Gasteiger charge is 2.43. The van der Waals surface area contributed by atoms with E-state index in [1.807, 2.05) is 6.08 Å². The number of halogens is 3. The fourth-order valence-corrected chi connectivity index (χ4v) is 2.70. The maximum absolute atomic E-state index is 12.9. The summed E-state index contributed by atoms with van der Waals surface area (Å²) >= 11 is 0. The predicted molar refractivity (Wildman–Crippen MR) is 79.5 cm³/mol. The first-order valence-electron chi connectivity index (χ1n) is 8.17. The molecule has 5 heteroatoms. The first kappa shape index (κ1) is 18.9. The largest absolute Gasteiger partial charge is 0.398 e. The van der Waals surface area contributed by atoms with Gasteiger partial charge in [-0.15, -0.1) is 0 Å². The fraction of sp³-hybridized carbons (Fsp3) is 0.765. The molecule has 22 heavy (non-hydrogen) atoms. The van der Waals surface area contributed by atoms with Crippen LogP contribution in [0.15, 0.2) is 12.2 Å². The summed E-state index contributed by atoms with van der Waals surface area (Å²) in [5.41, 5.74) is 0. The van der Waals surface area contributed by atoms with Crippen LogP contribution in [-0.4, -0.2) is 17.7 Å². The van der Waals surface area contributed by atoms with Gasteiger partial charge in [0.05, 0.1) is 0 Å². The van der Waals surface area contributed by atoms with Crippen molar-refractivity contribution in [1.29, 1.82) is 0 Å². The molecule has 0 saturated heterocycles. The molecule has 126 valence electrons. The Balaban J connectivity index is 2.63. The SMILES string of the molecule is O=C1CCCCCCC=CCCC(C(F)(F)F)C(=O)CCC1. The van der Waals surface area contributed by atoms with E-state index in [1.165, 1.54) is 0 Å². The molecule has 0 aromatic heterocycles. The first-order valence-corrected chi connectivity index (χ1v) is 8.17. The van der Waals surface area contributed by atoms with Crippen LogP contribution in [0.4, 0.5) is 13.2 Å². The van der Waals surface area contributed by atoms with Crippen LogP contribution in [0, 0.1) is 5.92 Å². The van der Waals surface area contributed by atoms with Crippen molar-refractivity contribution in [3.63, 3.8) is 0 Å². The normalized spacial score (nSPS) is 24.4. The summed E-state index contributed by atoms with van der Waals surface area (Å²) < 4.78 is 38.8. The Labute approximate surface area is 130 Å². The standard InChI is InChI=1S/C17H25F3O2/c18-17(19,20)15-12-8-6-4-2-1-3-5-7-10-14(21)11-9-13-16(15)22/h4,6,15H,1-3,5,7-13H2. The molecule has 0 fully saturated rings. The smallest absolute Gasteiger partial charge is 0.300 e.